The summed E-state index contributed by atoms with van der Waals surface area (Å²) in [5.74, 6) is 0. The predicted molar refractivity (Wildman–Crippen MR) is 68.7 cm³/mol. The summed E-state index contributed by atoms with van der Waals surface area (Å²) in [5.41, 5.74) is 0. The molecule has 7 heteroatoms. The van der Waals surface area contributed by atoms with Gasteiger partial charge in [0.05, 0.1) is 6.33 Å². The molecular formula is C11H21N3O3S. The summed E-state index contributed by atoms with van der Waals surface area (Å²) < 4.78 is 27.3. The molecule has 0 aliphatic heterocycles. The maximum Gasteiger partial charge on any atom is 0.261 e. The second-order valence-electron chi connectivity index (χ2n) is 4.15. The van der Waals surface area contributed by atoms with Crippen molar-refractivity contribution in [3.63, 3.8) is 0 Å². The van der Waals surface area contributed by atoms with E-state index in [4.69, 9.17) is 5.11 Å². The van der Waals surface area contributed by atoms with Crippen LogP contribution in [0.1, 0.15) is 26.2 Å². The zero-order chi connectivity index (χ0) is 13.6. The molecule has 1 N–H and O–H groups in total. The highest BCUT2D eigenvalue weighted by Gasteiger charge is 2.22. The molecule has 18 heavy (non-hydrogen) atoms. The van der Waals surface area contributed by atoms with Crippen LogP contribution in [0.5, 0.6) is 0 Å². The van der Waals surface area contributed by atoms with Crippen molar-refractivity contribution in [2.75, 3.05) is 20.2 Å². The van der Waals surface area contributed by atoms with Crippen molar-refractivity contribution in [1.29, 1.82) is 0 Å². The zero-order valence-electron chi connectivity index (χ0n) is 10.9. The van der Waals surface area contributed by atoms with E-state index >= 15 is 0 Å². The summed E-state index contributed by atoms with van der Waals surface area (Å²) in [4.78, 5) is 3.92. The monoisotopic (exact) mass is 275 g/mol. The minimum absolute atomic E-state index is 0.0917. The molecule has 104 valence electrons. The first-order valence-electron chi connectivity index (χ1n) is 6.11. The lowest BCUT2D eigenvalue weighted by atomic mass is 10.2. The third kappa shape index (κ3) is 3.79. The Morgan fingerprint density at radius 2 is 2.11 bits per heavy atom. The number of unbranched alkanes of at least 4 members (excludes halogenated alkanes) is 2. The Balaban J connectivity index is 2.62. The van der Waals surface area contributed by atoms with Crippen molar-refractivity contribution in [2.45, 2.75) is 37.8 Å². The van der Waals surface area contributed by atoms with E-state index in [0.29, 0.717) is 19.5 Å². The molecule has 0 aliphatic carbocycles. The van der Waals surface area contributed by atoms with Crippen LogP contribution in [0.3, 0.4) is 0 Å². The van der Waals surface area contributed by atoms with Gasteiger partial charge >= 0.3 is 0 Å². The molecule has 1 aromatic rings. The van der Waals surface area contributed by atoms with E-state index in [1.807, 2.05) is 6.92 Å². The Hall–Kier alpha value is -0.920. The highest BCUT2D eigenvalue weighted by Crippen LogP contribution is 2.12. The number of sulfonamides is 1. The van der Waals surface area contributed by atoms with Gasteiger partial charge < -0.3 is 9.67 Å². The van der Waals surface area contributed by atoms with Crippen molar-refractivity contribution in [1.82, 2.24) is 13.9 Å². The second kappa shape index (κ2) is 6.86. The second-order valence-corrected chi connectivity index (χ2v) is 6.14. The van der Waals surface area contributed by atoms with Crippen molar-refractivity contribution < 1.29 is 13.5 Å². The maximum absolute atomic E-state index is 12.1. The molecule has 0 bridgehead atoms. The molecule has 0 amide bonds. The van der Waals surface area contributed by atoms with Crippen LogP contribution in [-0.4, -0.2) is 47.6 Å². The van der Waals surface area contributed by atoms with Crippen LogP contribution in [0, 0.1) is 0 Å². The van der Waals surface area contributed by atoms with Gasteiger partial charge in [-0.15, -0.1) is 0 Å². The minimum Gasteiger partial charge on any atom is -0.396 e. The molecule has 0 saturated carbocycles. The fourth-order valence-corrected chi connectivity index (χ4v) is 2.69. The number of aliphatic hydroxyl groups excluding tert-OH is 1. The average molecular weight is 275 g/mol. The number of rotatable bonds is 8. The van der Waals surface area contributed by atoms with Crippen LogP contribution >= 0.6 is 0 Å². The Bertz CT molecular complexity index is 456. The molecule has 0 aromatic carbocycles. The first kappa shape index (κ1) is 15.1. The lowest BCUT2D eigenvalue weighted by Crippen LogP contribution is -2.28. The summed E-state index contributed by atoms with van der Waals surface area (Å²) in [6.45, 7) is 3.22. The van der Waals surface area contributed by atoms with E-state index in [0.717, 1.165) is 12.8 Å². The van der Waals surface area contributed by atoms with Gasteiger partial charge in [0.1, 0.15) is 0 Å². The van der Waals surface area contributed by atoms with Crippen molar-refractivity contribution in [3.05, 3.63) is 12.5 Å². The quantitative estimate of drug-likeness (QED) is 0.708. The van der Waals surface area contributed by atoms with E-state index in [2.05, 4.69) is 4.98 Å². The van der Waals surface area contributed by atoms with E-state index in [1.54, 1.807) is 17.8 Å². The van der Waals surface area contributed by atoms with E-state index in [9.17, 15) is 8.42 Å². The van der Waals surface area contributed by atoms with Crippen molar-refractivity contribution in [3.8, 4) is 0 Å². The smallest absolute Gasteiger partial charge is 0.261 e. The molecule has 0 saturated heterocycles. The molecule has 6 nitrogen and oxygen atoms in total. The van der Waals surface area contributed by atoms with Crippen LogP contribution in [0.4, 0.5) is 0 Å². The molecule has 1 aromatic heterocycles. The first-order valence-corrected chi connectivity index (χ1v) is 7.55. The van der Waals surface area contributed by atoms with Gasteiger partial charge in [0, 0.05) is 32.9 Å². The fourth-order valence-electron chi connectivity index (χ4n) is 1.55. The third-order valence-electron chi connectivity index (χ3n) is 2.78. The van der Waals surface area contributed by atoms with Gasteiger partial charge in [-0.2, -0.15) is 4.31 Å². The number of hydrogen-bond donors (Lipinski definition) is 1. The normalized spacial score (nSPS) is 12.2. The Kier molecular flexibility index (Phi) is 5.77. The van der Waals surface area contributed by atoms with Crippen LogP contribution in [0.2, 0.25) is 0 Å². The predicted octanol–water partition coefficient (Wildman–Crippen LogP) is 0.686. The lowest BCUT2D eigenvalue weighted by molar-refractivity contribution is 0.281. The van der Waals surface area contributed by atoms with Gasteiger partial charge in [-0.05, 0) is 26.2 Å². The molecule has 0 unspecified atom stereocenters. The SMILES string of the molecule is CCn1cnc(S(=O)(=O)N(C)CCCCCO)c1. The standard InChI is InChI=1S/C11H21N3O3S/c1-3-14-9-11(12-10-14)18(16,17)13(2)7-5-4-6-8-15/h9-10,15H,3-8H2,1-2H3. The molecular weight excluding hydrogens is 254 g/mol. The summed E-state index contributed by atoms with van der Waals surface area (Å²) in [6.07, 6.45) is 5.33. The topological polar surface area (TPSA) is 75.4 Å². The minimum atomic E-state index is -3.48. The largest absolute Gasteiger partial charge is 0.396 e. The molecule has 1 rings (SSSR count). The molecule has 0 aliphatic rings. The number of nitrogens with zero attached hydrogens (tertiary/aromatic N) is 3. The average Bonchev–Trinajstić information content (AvgIpc) is 2.83. The summed E-state index contributed by atoms with van der Waals surface area (Å²) in [5, 5.41) is 8.75. The number of aryl methyl sites for hydroxylation is 1. The molecule has 1 heterocycles. The Morgan fingerprint density at radius 1 is 1.39 bits per heavy atom. The Morgan fingerprint density at radius 3 is 2.67 bits per heavy atom. The molecule has 0 fully saturated rings. The van der Waals surface area contributed by atoms with Gasteiger partial charge in [-0.1, -0.05) is 0 Å². The highest BCUT2D eigenvalue weighted by atomic mass is 32.2. The summed E-state index contributed by atoms with van der Waals surface area (Å²) in [6, 6.07) is 0. The highest BCUT2D eigenvalue weighted by molar-refractivity contribution is 7.89. The fraction of sp³-hybridized carbons (Fsp3) is 0.727. The van der Waals surface area contributed by atoms with Crippen molar-refractivity contribution >= 4 is 10.0 Å². The summed E-state index contributed by atoms with van der Waals surface area (Å²) in [7, 11) is -1.92. The van der Waals surface area contributed by atoms with Crippen LogP contribution in [0.25, 0.3) is 0 Å². The number of hydrogen-bond acceptors (Lipinski definition) is 4. The third-order valence-corrected chi connectivity index (χ3v) is 4.52. The van der Waals surface area contributed by atoms with Crippen LogP contribution in [0.15, 0.2) is 17.6 Å². The number of aromatic nitrogens is 2. The van der Waals surface area contributed by atoms with Gasteiger partial charge in [0.15, 0.2) is 5.03 Å². The van der Waals surface area contributed by atoms with Crippen molar-refractivity contribution in [2.24, 2.45) is 0 Å². The molecule has 0 radical (unpaired) electrons. The molecule has 0 atom stereocenters. The van der Waals surface area contributed by atoms with Gasteiger partial charge in [0.2, 0.25) is 0 Å². The number of aliphatic hydroxyl groups is 1. The first-order chi connectivity index (χ1) is 8.52. The lowest BCUT2D eigenvalue weighted by Gasteiger charge is -2.15. The van der Waals surface area contributed by atoms with E-state index in [1.165, 1.54) is 10.6 Å². The van der Waals surface area contributed by atoms with Gasteiger partial charge in [-0.25, -0.2) is 13.4 Å². The maximum atomic E-state index is 12.1. The zero-order valence-corrected chi connectivity index (χ0v) is 11.7. The van der Waals surface area contributed by atoms with Crippen LogP contribution < -0.4 is 0 Å². The van der Waals surface area contributed by atoms with Gasteiger partial charge in [-0.3, -0.25) is 0 Å². The number of imidazole rings is 1. The summed E-state index contributed by atoms with van der Waals surface area (Å²) >= 11 is 0. The van der Waals surface area contributed by atoms with E-state index < -0.39 is 10.0 Å². The molecule has 0 spiro atoms. The Labute approximate surface area is 108 Å². The van der Waals surface area contributed by atoms with Crippen LogP contribution in [-0.2, 0) is 16.6 Å². The van der Waals surface area contributed by atoms with E-state index in [-0.39, 0.29) is 11.6 Å². The van der Waals surface area contributed by atoms with Gasteiger partial charge in [0.25, 0.3) is 10.0 Å².